The Morgan fingerprint density at radius 3 is 2.35 bits per heavy atom. The van der Waals surface area contributed by atoms with Crippen molar-refractivity contribution in [1.29, 1.82) is 0 Å². The van der Waals surface area contributed by atoms with Crippen LogP contribution in [0, 0.1) is 5.82 Å². The van der Waals surface area contributed by atoms with E-state index in [4.69, 9.17) is 5.73 Å². The van der Waals surface area contributed by atoms with Gasteiger partial charge in [0.15, 0.2) is 0 Å². The monoisotopic (exact) mass is 236 g/mol. The number of benzene rings is 1. The van der Waals surface area contributed by atoms with Crippen molar-refractivity contribution in [2.24, 2.45) is 5.73 Å². The van der Waals surface area contributed by atoms with Gasteiger partial charge in [0.2, 0.25) is 0 Å². The van der Waals surface area contributed by atoms with Gasteiger partial charge < -0.3 is 5.73 Å². The Balaban J connectivity index is 2.06. The first-order valence-corrected chi connectivity index (χ1v) is 6.50. The molecular formula is C14H21FN2. The average Bonchev–Trinajstić information content (AvgIpc) is 2.60. The van der Waals surface area contributed by atoms with Gasteiger partial charge in [-0.2, -0.15) is 0 Å². The maximum atomic E-state index is 14.0. The quantitative estimate of drug-likeness (QED) is 0.874. The van der Waals surface area contributed by atoms with Crippen molar-refractivity contribution >= 4 is 0 Å². The molecule has 1 aromatic rings. The number of hydrogen-bond donors (Lipinski definition) is 1. The molecule has 0 amide bonds. The van der Waals surface area contributed by atoms with Crippen LogP contribution in [-0.4, -0.2) is 18.0 Å². The van der Waals surface area contributed by atoms with E-state index in [1.54, 1.807) is 6.07 Å². The Hall–Kier alpha value is -0.930. The van der Waals surface area contributed by atoms with E-state index < -0.39 is 0 Å². The van der Waals surface area contributed by atoms with Crippen LogP contribution < -0.4 is 5.73 Å². The molecule has 0 saturated carbocycles. The number of rotatable bonds is 3. The van der Waals surface area contributed by atoms with E-state index in [9.17, 15) is 4.39 Å². The second-order valence-electron chi connectivity index (χ2n) is 4.78. The molecule has 17 heavy (non-hydrogen) atoms. The van der Waals surface area contributed by atoms with Gasteiger partial charge in [-0.25, -0.2) is 4.39 Å². The summed E-state index contributed by atoms with van der Waals surface area (Å²) in [5.41, 5.74) is 6.93. The fourth-order valence-electron chi connectivity index (χ4n) is 2.45. The molecule has 1 saturated heterocycles. The Morgan fingerprint density at radius 1 is 1.06 bits per heavy atom. The molecule has 2 N–H and O–H groups in total. The lowest BCUT2D eigenvalue weighted by Gasteiger charge is -2.20. The first-order chi connectivity index (χ1) is 8.31. The van der Waals surface area contributed by atoms with Gasteiger partial charge in [0, 0.05) is 24.2 Å². The van der Waals surface area contributed by atoms with E-state index >= 15 is 0 Å². The van der Waals surface area contributed by atoms with E-state index in [2.05, 4.69) is 4.90 Å². The van der Waals surface area contributed by atoms with Crippen LogP contribution in [0.15, 0.2) is 18.2 Å². The van der Waals surface area contributed by atoms with Crippen LogP contribution >= 0.6 is 0 Å². The number of hydrogen-bond acceptors (Lipinski definition) is 2. The fraction of sp³-hybridized carbons (Fsp3) is 0.571. The highest BCUT2D eigenvalue weighted by Crippen LogP contribution is 2.17. The molecule has 1 fully saturated rings. The molecule has 3 heteroatoms. The molecule has 0 aromatic heterocycles. The van der Waals surface area contributed by atoms with Crippen LogP contribution in [-0.2, 0) is 13.1 Å². The first-order valence-electron chi connectivity index (χ1n) is 6.50. The van der Waals surface area contributed by atoms with E-state index in [1.807, 2.05) is 12.1 Å². The second kappa shape index (κ2) is 6.12. The summed E-state index contributed by atoms with van der Waals surface area (Å²) in [4.78, 5) is 2.35. The van der Waals surface area contributed by atoms with Crippen molar-refractivity contribution in [3.63, 3.8) is 0 Å². The van der Waals surface area contributed by atoms with Crippen LogP contribution in [0.5, 0.6) is 0 Å². The van der Waals surface area contributed by atoms with Crippen molar-refractivity contribution in [1.82, 2.24) is 4.90 Å². The van der Waals surface area contributed by atoms with Crippen molar-refractivity contribution in [2.75, 3.05) is 13.1 Å². The number of halogens is 1. The summed E-state index contributed by atoms with van der Waals surface area (Å²) in [6.07, 6.45) is 5.08. The largest absolute Gasteiger partial charge is 0.326 e. The third-order valence-corrected chi connectivity index (χ3v) is 3.47. The minimum atomic E-state index is -0.112. The molecular weight excluding hydrogens is 215 g/mol. The number of likely N-dealkylation sites (tertiary alicyclic amines) is 1. The summed E-state index contributed by atoms with van der Waals surface area (Å²) >= 11 is 0. The van der Waals surface area contributed by atoms with Gasteiger partial charge in [-0.15, -0.1) is 0 Å². The molecule has 0 atom stereocenters. The van der Waals surface area contributed by atoms with Crippen LogP contribution in [0.4, 0.5) is 4.39 Å². The first kappa shape index (κ1) is 12.5. The number of nitrogens with zero attached hydrogens (tertiary/aromatic N) is 1. The maximum Gasteiger partial charge on any atom is 0.132 e. The Kier molecular flexibility index (Phi) is 4.51. The third-order valence-electron chi connectivity index (χ3n) is 3.47. The van der Waals surface area contributed by atoms with Crippen LogP contribution in [0.1, 0.15) is 36.8 Å². The van der Waals surface area contributed by atoms with Crippen molar-refractivity contribution in [2.45, 2.75) is 38.8 Å². The third kappa shape index (κ3) is 3.27. The van der Waals surface area contributed by atoms with E-state index in [-0.39, 0.29) is 12.4 Å². The summed E-state index contributed by atoms with van der Waals surface area (Å²) in [5, 5.41) is 0. The van der Waals surface area contributed by atoms with Crippen LogP contribution in [0.25, 0.3) is 0 Å². The molecule has 1 aliphatic heterocycles. The zero-order valence-corrected chi connectivity index (χ0v) is 10.3. The van der Waals surface area contributed by atoms with Gasteiger partial charge >= 0.3 is 0 Å². The van der Waals surface area contributed by atoms with E-state index in [0.29, 0.717) is 5.56 Å². The zero-order valence-electron chi connectivity index (χ0n) is 10.3. The molecule has 0 unspecified atom stereocenters. The second-order valence-corrected chi connectivity index (χ2v) is 4.78. The molecule has 1 aromatic carbocycles. The van der Waals surface area contributed by atoms with Crippen LogP contribution in [0.2, 0.25) is 0 Å². The fourth-order valence-corrected chi connectivity index (χ4v) is 2.45. The van der Waals surface area contributed by atoms with Crippen molar-refractivity contribution in [3.05, 3.63) is 35.1 Å². The van der Waals surface area contributed by atoms with Crippen molar-refractivity contribution < 1.29 is 4.39 Å². The molecule has 0 radical (unpaired) electrons. The highest BCUT2D eigenvalue weighted by atomic mass is 19.1. The number of nitrogens with two attached hydrogens (primary N) is 1. The molecule has 1 heterocycles. The molecule has 94 valence electrons. The smallest absolute Gasteiger partial charge is 0.132 e. The Morgan fingerprint density at radius 2 is 1.71 bits per heavy atom. The predicted molar refractivity (Wildman–Crippen MR) is 68.0 cm³/mol. The lowest BCUT2D eigenvalue weighted by Crippen LogP contribution is -2.24. The predicted octanol–water partition coefficient (Wildman–Crippen LogP) is 2.66. The molecule has 2 nitrogen and oxygen atoms in total. The highest BCUT2D eigenvalue weighted by Gasteiger charge is 2.13. The summed E-state index contributed by atoms with van der Waals surface area (Å²) in [6, 6.07) is 5.54. The molecule has 2 rings (SSSR count). The Labute approximate surface area is 103 Å². The lowest BCUT2D eigenvalue weighted by atomic mass is 10.1. The van der Waals surface area contributed by atoms with E-state index in [1.165, 1.54) is 25.7 Å². The molecule has 0 aliphatic carbocycles. The molecule has 0 bridgehead atoms. The Bertz CT molecular complexity index is 357. The topological polar surface area (TPSA) is 29.3 Å². The minimum absolute atomic E-state index is 0.112. The summed E-state index contributed by atoms with van der Waals surface area (Å²) < 4.78 is 14.0. The van der Waals surface area contributed by atoms with Gasteiger partial charge in [-0.3, -0.25) is 4.90 Å². The minimum Gasteiger partial charge on any atom is -0.326 e. The lowest BCUT2D eigenvalue weighted by molar-refractivity contribution is 0.272. The standard InChI is InChI=1S/C14H21FN2/c15-14-12(10-16)6-5-7-13(14)11-17-8-3-1-2-4-9-17/h5-7H,1-4,8-11,16H2. The summed E-state index contributed by atoms with van der Waals surface area (Å²) in [7, 11) is 0. The van der Waals surface area contributed by atoms with Gasteiger partial charge in [0.1, 0.15) is 5.82 Å². The zero-order chi connectivity index (χ0) is 12.1. The molecule has 0 spiro atoms. The normalized spacial score (nSPS) is 18.0. The molecule has 1 aliphatic rings. The SMILES string of the molecule is NCc1cccc(CN2CCCCCC2)c1F. The van der Waals surface area contributed by atoms with Gasteiger partial charge in [0.25, 0.3) is 0 Å². The summed E-state index contributed by atoms with van der Waals surface area (Å²) in [5.74, 6) is -0.112. The van der Waals surface area contributed by atoms with Crippen LogP contribution in [0.3, 0.4) is 0 Å². The van der Waals surface area contributed by atoms with Gasteiger partial charge in [0.05, 0.1) is 0 Å². The van der Waals surface area contributed by atoms with Gasteiger partial charge in [-0.1, -0.05) is 31.0 Å². The van der Waals surface area contributed by atoms with Gasteiger partial charge in [-0.05, 0) is 25.9 Å². The van der Waals surface area contributed by atoms with Crippen molar-refractivity contribution in [3.8, 4) is 0 Å². The maximum absolute atomic E-state index is 14.0. The average molecular weight is 236 g/mol. The summed E-state index contributed by atoms with van der Waals surface area (Å²) in [6.45, 7) is 3.18. The van der Waals surface area contributed by atoms with E-state index in [0.717, 1.165) is 25.2 Å². The highest BCUT2D eigenvalue weighted by molar-refractivity contribution is 5.25.